The smallest absolute Gasteiger partial charge is 0.284 e. The van der Waals surface area contributed by atoms with Crippen molar-refractivity contribution >= 4 is 67.9 Å². The molecule has 1 aromatic heterocycles. The average molecular weight is 586 g/mol. The van der Waals surface area contributed by atoms with Crippen LogP contribution in [0.2, 0.25) is 10.0 Å². The van der Waals surface area contributed by atoms with Crippen molar-refractivity contribution in [2.24, 2.45) is 7.05 Å². The summed E-state index contributed by atoms with van der Waals surface area (Å²) in [7, 11) is -0.734. The Labute approximate surface area is 231 Å². The topological polar surface area (TPSA) is 90.5 Å². The minimum absolute atomic E-state index is 0.202. The van der Waals surface area contributed by atoms with E-state index >= 15 is 0 Å². The van der Waals surface area contributed by atoms with Crippen LogP contribution in [0.25, 0.3) is 17.1 Å². The van der Waals surface area contributed by atoms with E-state index < -0.39 is 15.9 Å². The summed E-state index contributed by atoms with van der Waals surface area (Å²) in [5.41, 5.74) is 2.86. The van der Waals surface area contributed by atoms with Gasteiger partial charge in [0.1, 0.15) is 5.75 Å². The highest BCUT2D eigenvalue weighted by atomic mass is 35.5. The quantitative estimate of drug-likeness (QED) is 0.200. The molecule has 0 radical (unpaired) electrons. The molecule has 2 heterocycles. The van der Waals surface area contributed by atoms with Crippen LogP contribution in [0.3, 0.4) is 0 Å². The molecule has 1 aliphatic rings. The fraction of sp³-hybridized carbons (Fsp3) is 0.400. The Morgan fingerprint density at radius 1 is 1.16 bits per heavy atom. The highest BCUT2D eigenvalue weighted by Gasteiger charge is 2.29. The van der Waals surface area contributed by atoms with E-state index in [4.69, 9.17) is 27.9 Å². The zero-order chi connectivity index (χ0) is 26.7. The van der Waals surface area contributed by atoms with Gasteiger partial charge in [-0.15, -0.1) is 0 Å². The molecule has 2 aromatic carbocycles. The summed E-state index contributed by atoms with van der Waals surface area (Å²) in [6.45, 7) is 5.02. The second kappa shape index (κ2) is 11.8. The first-order valence-electron chi connectivity index (χ1n) is 12.0. The first-order chi connectivity index (χ1) is 17.6. The number of rotatable bonds is 11. The van der Waals surface area contributed by atoms with Gasteiger partial charge in [0.2, 0.25) is 0 Å². The van der Waals surface area contributed by atoms with E-state index in [0.717, 1.165) is 58.5 Å². The maximum Gasteiger partial charge on any atom is 0.284 e. The molecule has 3 aromatic rings. The molecule has 0 aliphatic carbocycles. The monoisotopic (exact) mass is 584 g/mol. The summed E-state index contributed by atoms with van der Waals surface area (Å²) in [5.74, 6) is 1.14. The molecular weight excluding hydrogens is 555 g/mol. The highest BCUT2D eigenvalue weighted by Crippen LogP contribution is 2.49. The van der Waals surface area contributed by atoms with Gasteiger partial charge < -0.3 is 19.5 Å². The third-order valence-corrected chi connectivity index (χ3v) is 8.85. The number of hydrogen-bond donors (Lipinski definition) is 1. The van der Waals surface area contributed by atoms with Crippen molar-refractivity contribution < 1.29 is 22.3 Å². The first kappa shape index (κ1) is 28.1. The van der Waals surface area contributed by atoms with Crippen LogP contribution in [0.1, 0.15) is 25.6 Å². The molecule has 0 atom stereocenters. The Kier molecular flexibility index (Phi) is 8.98. The molecule has 1 aliphatic heterocycles. The first-order valence-corrected chi connectivity index (χ1v) is 15.1. The molecule has 4 rings (SSSR count). The number of halogens is 2. The summed E-state index contributed by atoms with van der Waals surface area (Å²) in [6.07, 6.45) is 3.23. The number of nitrogens with zero attached hydrogens (tertiary/aromatic N) is 3. The number of fused-ring (bicyclic) bond motifs is 2. The van der Waals surface area contributed by atoms with Crippen molar-refractivity contribution in [2.75, 3.05) is 37.4 Å². The van der Waals surface area contributed by atoms with E-state index in [1.54, 1.807) is 18.9 Å². The summed E-state index contributed by atoms with van der Waals surface area (Å²) in [6, 6.07) is 9.58. The van der Waals surface area contributed by atoms with Gasteiger partial charge in [0.05, 0.1) is 57.7 Å². The van der Waals surface area contributed by atoms with Crippen molar-refractivity contribution in [3.05, 3.63) is 51.2 Å². The van der Waals surface area contributed by atoms with Crippen molar-refractivity contribution in [1.82, 2.24) is 9.88 Å². The molecule has 0 spiro atoms. The van der Waals surface area contributed by atoms with Gasteiger partial charge in [-0.25, -0.2) is 17.6 Å². The predicted molar refractivity (Wildman–Crippen MR) is 150 cm³/mol. The van der Waals surface area contributed by atoms with Crippen LogP contribution < -0.4 is 19.5 Å². The summed E-state index contributed by atoms with van der Waals surface area (Å²) in [4.78, 5) is 3.26. The number of hydrogen-bond acceptors (Lipinski definition) is 7. The number of aromatic nitrogens is 2. The Balaban J connectivity index is 1.79. The number of aryl methyl sites for hydroxylation is 2. The zero-order valence-corrected chi connectivity index (χ0v) is 24.1. The van der Waals surface area contributed by atoms with Crippen molar-refractivity contribution in [1.29, 1.82) is 0 Å². The number of imidazole rings is 1. The normalized spacial score (nSPS) is 14.6. The van der Waals surface area contributed by atoms with Gasteiger partial charge in [0, 0.05) is 23.3 Å². The lowest BCUT2D eigenvalue weighted by Crippen LogP contribution is -2.32. The van der Waals surface area contributed by atoms with E-state index in [9.17, 15) is 13.0 Å². The van der Waals surface area contributed by atoms with Gasteiger partial charge in [0.25, 0.3) is 5.82 Å². The molecule has 0 bridgehead atoms. The standard InChI is InChI=1S/C25H30Cl2N4O4S2/c1-4-28-9-5-10-31-22-14-18(26)19(27)15-23(22)36-25(31)16-24-29(2)20-8-7-17(35-3)13-21(20)30(24)11-6-12-37(32,33)34/h7-8,13-16,28H,4-6,9-12H2,1-3H3. The van der Waals surface area contributed by atoms with Crippen LogP contribution in [0.15, 0.2) is 40.3 Å². The van der Waals surface area contributed by atoms with E-state index in [2.05, 4.69) is 27.8 Å². The van der Waals surface area contributed by atoms with Crippen molar-refractivity contribution in [3.63, 3.8) is 0 Å². The van der Waals surface area contributed by atoms with Gasteiger partial charge in [-0.2, -0.15) is 0 Å². The highest BCUT2D eigenvalue weighted by molar-refractivity contribution is 8.03. The Morgan fingerprint density at radius 2 is 1.92 bits per heavy atom. The van der Waals surface area contributed by atoms with Crippen LogP contribution in [0.5, 0.6) is 5.75 Å². The fourth-order valence-electron chi connectivity index (χ4n) is 4.45. The van der Waals surface area contributed by atoms with Crippen LogP contribution in [-0.4, -0.2) is 50.0 Å². The van der Waals surface area contributed by atoms with Gasteiger partial charge in [-0.1, -0.05) is 41.9 Å². The lowest BCUT2D eigenvalue weighted by Gasteiger charge is -2.20. The maximum atomic E-state index is 11.3. The van der Waals surface area contributed by atoms with E-state index in [-0.39, 0.29) is 6.42 Å². The number of methoxy groups -OCH3 is 1. The van der Waals surface area contributed by atoms with Gasteiger partial charge in [0.15, 0.2) is 11.0 Å². The third kappa shape index (κ3) is 6.38. The molecular formula is C25H30Cl2N4O4S2. The van der Waals surface area contributed by atoms with Crippen molar-refractivity contribution in [2.45, 2.75) is 31.2 Å². The summed E-state index contributed by atoms with van der Waals surface area (Å²) < 4.78 is 43.4. The summed E-state index contributed by atoms with van der Waals surface area (Å²) in [5, 5.41) is 5.39. The zero-order valence-electron chi connectivity index (χ0n) is 21.0. The molecule has 0 fully saturated rings. The Hall–Kier alpha value is -1.95. The maximum absolute atomic E-state index is 11.3. The molecule has 8 nitrogen and oxygen atoms in total. The fourth-order valence-corrected chi connectivity index (χ4v) is 6.46. The number of benzene rings is 2. The minimum atomic E-state index is -4.31. The molecule has 0 unspecified atom stereocenters. The second-order valence-corrected chi connectivity index (χ2v) is 12.1. The second-order valence-electron chi connectivity index (χ2n) is 8.72. The van der Waals surface area contributed by atoms with Gasteiger partial charge >= 0.3 is 0 Å². The van der Waals surface area contributed by atoms with Crippen LogP contribution in [-0.2, 0) is 23.7 Å². The molecule has 1 N–H and O–H groups in total. The average Bonchev–Trinajstić information content (AvgIpc) is 3.30. The Bertz CT molecular complexity index is 1440. The molecule has 0 amide bonds. The van der Waals surface area contributed by atoms with Gasteiger partial charge in [-0.05, 0) is 50.2 Å². The van der Waals surface area contributed by atoms with E-state index in [1.165, 1.54) is 0 Å². The molecule has 0 saturated heterocycles. The largest absolute Gasteiger partial charge is 0.748 e. The van der Waals surface area contributed by atoms with Crippen molar-refractivity contribution in [3.8, 4) is 5.75 Å². The predicted octanol–water partition coefficient (Wildman–Crippen LogP) is 4.63. The lowest BCUT2D eigenvalue weighted by atomic mass is 10.2. The number of ether oxygens (including phenoxy) is 1. The number of nitrogens with one attached hydrogen (secondary N) is 1. The SMILES string of the molecule is CCNCCCN1C(=Cc2n(CCCS(=O)(=O)[O-])c3cc(OC)ccc3[n+]2C)Sc2cc(Cl)c(Cl)cc21. The van der Waals surface area contributed by atoms with E-state index in [1.807, 2.05) is 41.9 Å². The van der Waals surface area contributed by atoms with Gasteiger partial charge in [-0.3, -0.25) is 0 Å². The molecule has 200 valence electrons. The minimum Gasteiger partial charge on any atom is -0.748 e. The number of anilines is 1. The molecule has 12 heteroatoms. The number of thioether (sulfide) groups is 1. The lowest BCUT2D eigenvalue weighted by molar-refractivity contribution is -0.647. The molecule has 0 saturated carbocycles. The molecule has 37 heavy (non-hydrogen) atoms. The Morgan fingerprint density at radius 3 is 2.62 bits per heavy atom. The summed E-state index contributed by atoms with van der Waals surface area (Å²) >= 11 is 14.3. The van der Waals surface area contributed by atoms with Crippen LogP contribution in [0.4, 0.5) is 5.69 Å². The third-order valence-electron chi connectivity index (χ3n) is 6.24. The van der Waals surface area contributed by atoms with Crippen LogP contribution >= 0.6 is 35.0 Å². The van der Waals surface area contributed by atoms with E-state index in [0.29, 0.717) is 22.3 Å². The van der Waals surface area contributed by atoms with Crippen LogP contribution in [0, 0.1) is 0 Å².